The monoisotopic (exact) mass is 256 g/mol. The number of anilines is 1. The molecule has 0 radical (unpaired) electrons. The highest BCUT2D eigenvalue weighted by Crippen LogP contribution is 2.20. The number of nitrogens with zero attached hydrogens (tertiary/aromatic N) is 3. The van der Waals surface area contributed by atoms with E-state index >= 15 is 0 Å². The highest BCUT2D eigenvalue weighted by Gasteiger charge is 2.17. The van der Waals surface area contributed by atoms with Gasteiger partial charge in [0.2, 0.25) is 0 Å². The largest absolute Gasteiger partial charge is 0.468 e. The first kappa shape index (κ1) is 13.1. The van der Waals surface area contributed by atoms with Crippen LogP contribution in [0.5, 0.6) is 0 Å². The van der Waals surface area contributed by atoms with Gasteiger partial charge in [-0.2, -0.15) is 5.26 Å². The number of aromatic nitrogens is 1. The third-order valence-electron chi connectivity index (χ3n) is 2.89. The number of hydrogen-bond acceptors (Lipinski definition) is 5. The molecule has 0 amide bonds. The Bertz CT molecular complexity index is 557. The Morgan fingerprint density at radius 3 is 2.89 bits per heavy atom. The van der Waals surface area contributed by atoms with Crippen LogP contribution in [0, 0.1) is 11.3 Å². The predicted octanol–water partition coefficient (Wildman–Crippen LogP) is 2.26. The second-order valence-electron chi connectivity index (χ2n) is 4.39. The SMILES string of the molecule is CN(C)[C@H](CNc1ncccc1C#N)c1ccco1. The van der Waals surface area contributed by atoms with E-state index in [2.05, 4.69) is 21.3 Å². The van der Waals surface area contributed by atoms with Crippen molar-refractivity contribution < 1.29 is 4.42 Å². The summed E-state index contributed by atoms with van der Waals surface area (Å²) in [5.74, 6) is 1.48. The highest BCUT2D eigenvalue weighted by molar-refractivity contribution is 5.51. The minimum absolute atomic E-state index is 0.0866. The number of rotatable bonds is 5. The molecule has 0 fully saturated rings. The van der Waals surface area contributed by atoms with E-state index in [4.69, 9.17) is 9.68 Å². The van der Waals surface area contributed by atoms with Gasteiger partial charge in [-0.15, -0.1) is 0 Å². The summed E-state index contributed by atoms with van der Waals surface area (Å²) in [5, 5.41) is 12.2. The van der Waals surface area contributed by atoms with Gasteiger partial charge in [0, 0.05) is 12.7 Å². The lowest BCUT2D eigenvalue weighted by Crippen LogP contribution is -2.26. The lowest BCUT2D eigenvalue weighted by Gasteiger charge is -2.23. The predicted molar refractivity (Wildman–Crippen MR) is 72.6 cm³/mol. The third-order valence-corrected chi connectivity index (χ3v) is 2.89. The van der Waals surface area contributed by atoms with Gasteiger partial charge in [0.1, 0.15) is 17.6 Å². The highest BCUT2D eigenvalue weighted by atomic mass is 16.3. The van der Waals surface area contributed by atoms with Crippen molar-refractivity contribution in [3.63, 3.8) is 0 Å². The molecule has 2 aromatic heterocycles. The topological polar surface area (TPSA) is 65.1 Å². The maximum absolute atomic E-state index is 9.02. The van der Waals surface area contributed by atoms with Crippen molar-refractivity contribution in [1.29, 1.82) is 5.26 Å². The van der Waals surface area contributed by atoms with E-state index in [-0.39, 0.29) is 6.04 Å². The Labute approximate surface area is 112 Å². The van der Waals surface area contributed by atoms with E-state index in [0.29, 0.717) is 17.9 Å². The van der Waals surface area contributed by atoms with Gasteiger partial charge in [-0.25, -0.2) is 4.98 Å². The van der Waals surface area contributed by atoms with E-state index in [1.165, 1.54) is 0 Å². The number of pyridine rings is 1. The van der Waals surface area contributed by atoms with Crippen LogP contribution in [0.3, 0.4) is 0 Å². The van der Waals surface area contributed by atoms with Crippen molar-refractivity contribution in [2.45, 2.75) is 6.04 Å². The van der Waals surface area contributed by atoms with Gasteiger partial charge >= 0.3 is 0 Å². The molecule has 0 spiro atoms. The molecule has 0 aliphatic carbocycles. The Kier molecular flexibility index (Phi) is 4.16. The standard InChI is InChI=1S/C14H16N4O/c1-18(2)12(13-6-4-8-19-13)10-17-14-11(9-15)5-3-7-16-14/h3-8,12H,10H2,1-2H3,(H,16,17)/t12-/m1/s1. The Hall–Kier alpha value is -2.32. The normalized spacial score (nSPS) is 12.1. The van der Waals surface area contributed by atoms with Crippen LogP contribution in [-0.2, 0) is 0 Å². The Morgan fingerprint density at radius 2 is 2.26 bits per heavy atom. The van der Waals surface area contributed by atoms with Crippen LogP contribution in [-0.4, -0.2) is 30.5 Å². The molecule has 0 aliphatic heterocycles. The zero-order valence-corrected chi connectivity index (χ0v) is 11.0. The third kappa shape index (κ3) is 3.12. The van der Waals surface area contributed by atoms with Crippen LogP contribution in [0.15, 0.2) is 41.1 Å². The van der Waals surface area contributed by atoms with Gasteiger partial charge in [0.15, 0.2) is 0 Å². The molecule has 2 rings (SSSR count). The molecular weight excluding hydrogens is 240 g/mol. The van der Waals surface area contributed by atoms with Gasteiger partial charge in [0.05, 0.1) is 17.9 Å². The summed E-state index contributed by atoms with van der Waals surface area (Å²) in [6, 6.07) is 9.51. The summed E-state index contributed by atoms with van der Waals surface area (Å²) in [5.41, 5.74) is 0.541. The van der Waals surface area contributed by atoms with E-state index < -0.39 is 0 Å². The van der Waals surface area contributed by atoms with E-state index in [0.717, 1.165) is 5.76 Å². The summed E-state index contributed by atoms with van der Waals surface area (Å²) in [6.07, 6.45) is 3.33. The first-order valence-electron chi connectivity index (χ1n) is 6.01. The summed E-state index contributed by atoms with van der Waals surface area (Å²) in [4.78, 5) is 6.24. The summed E-state index contributed by atoms with van der Waals surface area (Å²) < 4.78 is 5.43. The zero-order chi connectivity index (χ0) is 13.7. The molecule has 19 heavy (non-hydrogen) atoms. The smallest absolute Gasteiger partial charge is 0.143 e. The van der Waals surface area contributed by atoms with Crippen LogP contribution in [0.4, 0.5) is 5.82 Å². The van der Waals surface area contributed by atoms with Gasteiger partial charge in [0.25, 0.3) is 0 Å². The summed E-state index contributed by atoms with van der Waals surface area (Å²) >= 11 is 0. The van der Waals surface area contributed by atoms with Crippen molar-refractivity contribution in [2.24, 2.45) is 0 Å². The number of furan rings is 1. The number of likely N-dealkylation sites (N-methyl/N-ethyl adjacent to an activating group) is 1. The zero-order valence-electron chi connectivity index (χ0n) is 11.0. The summed E-state index contributed by atoms with van der Waals surface area (Å²) in [6.45, 7) is 0.617. The first-order chi connectivity index (χ1) is 9.22. The number of nitriles is 1. The van der Waals surface area contributed by atoms with Gasteiger partial charge in [-0.3, -0.25) is 4.90 Å². The molecule has 0 bridgehead atoms. The summed E-state index contributed by atoms with van der Waals surface area (Å²) in [7, 11) is 3.97. The lowest BCUT2D eigenvalue weighted by atomic mass is 10.2. The molecule has 1 N–H and O–H groups in total. The fourth-order valence-electron chi connectivity index (χ4n) is 1.85. The van der Waals surface area contributed by atoms with Crippen LogP contribution < -0.4 is 5.32 Å². The van der Waals surface area contributed by atoms with Gasteiger partial charge in [-0.05, 0) is 38.4 Å². The second kappa shape index (κ2) is 6.03. The maximum Gasteiger partial charge on any atom is 0.143 e. The molecule has 0 saturated heterocycles. The molecule has 1 atom stereocenters. The second-order valence-corrected chi connectivity index (χ2v) is 4.39. The molecule has 5 heteroatoms. The van der Waals surface area contributed by atoms with Gasteiger partial charge < -0.3 is 9.73 Å². The van der Waals surface area contributed by atoms with Gasteiger partial charge in [-0.1, -0.05) is 0 Å². The van der Waals surface area contributed by atoms with Crippen LogP contribution in [0.2, 0.25) is 0 Å². The van der Waals surface area contributed by atoms with Crippen LogP contribution in [0.25, 0.3) is 0 Å². The molecule has 5 nitrogen and oxygen atoms in total. The van der Waals surface area contributed by atoms with E-state index in [1.54, 1.807) is 24.6 Å². The fraction of sp³-hybridized carbons (Fsp3) is 0.286. The Balaban J connectivity index is 2.10. The van der Waals surface area contributed by atoms with E-state index in [9.17, 15) is 0 Å². The van der Waals surface area contributed by atoms with Crippen LogP contribution >= 0.6 is 0 Å². The minimum atomic E-state index is 0.0866. The molecular formula is C14H16N4O. The quantitative estimate of drug-likeness (QED) is 0.889. The molecule has 2 heterocycles. The molecule has 2 aromatic rings. The molecule has 98 valence electrons. The van der Waals surface area contributed by atoms with Crippen molar-refractivity contribution in [2.75, 3.05) is 26.0 Å². The van der Waals surface area contributed by atoms with Crippen molar-refractivity contribution in [1.82, 2.24) is 9.88 Å². The minimum Gasteiger partial charge on any atom is -0.468 e. The van der Waals surface area contributed by atoms with E-state index in [1.807, 2.05) is 26.2 Å². The first-order valence-corrected chi connectivity index (χ1v) is 6.01. The molecule has 0 aromatic carbocycles. The van der Waals surface area contributed by atoms with Crippen molar-refractivity contribution in [3.8, 4) is 6.07 Å². The lowest BCUT2D eigenvalue weighted by molar-refractivity contribution is 0.269. The molecule has 0 unspecified atom stereocenters. The average molecular weight is 256 g/mol. The van der Waals surface area contributed by atoms with Crippen LogP contribution in [0.1, 0.15) is 17.4 Å². The van der Waals surface area contributed by atoms with Crippen molar-refractivity contribution >= 4 is 5.82 Å². The maximum atomic E-state index is 9.02. The molecule has 0 saturated carbocycles. The van der Waals surface area contributed by atoms with Crippen molar-refractivity contribution in [3.05, 3.63) is 48.0 Å². The Morgan fingerprint density at radius 1 is 1.42 bits per heavy atom. The number of nitrogens with one attached hydrogen (secondary N) is 1. The molecule has 0 aliphatic rings. The fourth-order valence-corrected chi connectivity index (χ4v) is 1.85. The average Bonchev–Trinajstić information content (AvgIpc) is 2.93. The number of hydrogen-bond donors (Lipinski definition) is 1.